The Morgan fingerprint density at radius 1 is 0.971 bits per heavy atom. The fraction of sp³-hybridized carbons (Fsp3) is 0.385. The second-order valence-electron chi connectivity index (χ2n) is 9.24. The Labute approximate surface area is 198 Å². The molecule has 0 unspecified atom stereocenters. The van der Waals surface area contributed by atoms with E-state index in [1.54, 1.807) is 29.2 Å². The molecular formula is C26H28N4O4. The largest absolute Gasteiger partial charge is 0.326 e. The van der Waals surface area contributed by atoms with Crippen LogP contribution in [0.25, 0.3) is 0 Å². The van der Waals surface area contributed by atoms with E-state index >= 15 is 0 Å². The van der Waals surface area contributed by atoms with Gasteiger partial charge in [0.15, 0.2) is 0 Å². The van der Waals surface area contributed by atoms with Gasteiger partial charge in [-0.3, -0.25) is 19.3 Å². The van der Waals surface area contributed by atoms with Crippen molar-refractivity contribution in [1.82, 2.24) is 10.2 Å². The average Bonchev–Trinajstić information content (AvgIpc) is 3.37. The minimum absolute atomic E-state index is 0.0144. The van der Waals surface area contributed by atoms with Crippen molar-refractivity contribution in [3.63, 3.8) is 0 Å². The average molecular weight is 461 g/mol. The van der Waals surface area contributed by atoms with Crippen LogP contribution < -0.4 is 15.5 Å². The summed E-state index contributed by atoms with van der Waals surface area (Å²) >= 11 is 0. The maximum absolute atomic E-state index is 12.9. The van der Waals surface area contributed by atoms with Gasteiger partial charge < -0.3 is 15.5 Å². The van der Waals surface area contributed by atoms with E-state index in [1.807, 2.05) is 24.3 Å². The lowest BCUT2D eigenvalue weighted by Gasteiger charge is -2.30. The quantitative estimate of drug-likeness (QED) is 0.668. The van der Waals surface area contributed by atoms with E-state index in [9.17, 15) is 19.2 Å². The molecule has 0 bridgehead atoms. The number of hydrogen-bond acceptors (Lipinski definition) is 4. The fourth-order valence-electron chi connectivity index (χ4n) is 5.21. The van der Waals surface area contributed by atoms with Gasteiger partial charge in [0.05, 0.1) is 0 Å². The smallest absolute Gasteiger partial charge is 0.325 e. The molecule has 2 fully saturated rings. The summed E-state index contributed by atoms with van der Waals surface area (Å²) < 4.78 is 0. The molecule has 1 aliphatic carbocycles. The van der Waals surface area contributed by atoms with Crippen molar-refractivity contribution in [2.45, 2.75) is 50.5 Å². The predicted octanol–water partition coefficient (Wildman–Crippen LogP) is 3.47. The molecule has 8 heteroatoms. The van der Waals surface area contributed by atoms with Crippen LogP contribution in [0.2, 0.25) is 0 Å². The lowest BCUT2D eigenvalue weighted by atomic mass is 9.82. The maximum atomic E-state index is 12.9. The number of amides is 5. The molecule has 0 atom stereocenters. The molecule has 2 aliphatic heterocycles. The molecule has 5 rings (SSSR count). The Bertz CT molecular complexity index is 1140. The van der Waals surface area contributed by atoms with Crippen molar-refractivity contribution >= 4 is 35.1 Å². The summed E-state index contributed by atoms with van der Waals surface area (Å²) in [7, 11) is 0. The number of anilines is 2. The summed E-state index contributed by atoms with van der Waals surface area (Å²) in [5, 5.41) is 5.64. The van der Waals surface area contributed by atoms with Gasteiger partial charge in [-0.05, 0) is 55.2 Å². The molecular weight excluding hydrogens is 432 g/mol. The van der Waals surface area contributed by atoms with Crippen molar-refractivity contribution in [1.29, 1.82) is 0 Å². The molecule has 1 saturated heterocycles. The number of para-hydroxylation sites is 1. The van der Waals surface area contributed by atoms with E-state index in [-0.39, 0.29) is 30.7 Å². The summed E-state index contributed by atoms with van der Waals surface area (Å²) in [6.07, 6.45) is 5.09. The monoisotopic (exact) mass is 460 g/mol. The Kier molecular flexibility index (Phi) is 5.81. The molecule has 5 amide bonds. The number of fused-ring (bicyclic) bond motifs is 1. The van der Waals surface area contributed by atoms with Crippen molar-refractivity contribution in [2.24, 2.45) is 0 Å². The number of nitrogens with zero attached hydrogens (tertiary/aromatic N) is 2. The van der Waals surface area contributed by atoms with E-state index in [2.05, 4.69) is 10.6 Å². The van der Waals surface area contributed by atoms with Crippen molar-refractivity contribution in [2.75, 3.05) is 23.3 Å². The zero-order valence-electron chi connectivity index (χ0n) is 19.0. The van der Waals surface area contributed by atoms with Gasteiger partial charge in [-0.2, -0.15) is 0 Å². The van der Waals surface area contributed by atoms with Crippen molar-refractivity contribution in [3.8, 4) is 0 Å². The fourth-order valence-corrected chi connectivity index (χ4v) is 5.21. The van der Waals surface area contributed by atoms with Crippen molar-refractivity contribution in [3.05, 3.63) is 59.7 Å². The minimum Gasteiger partial charge on any atom is -0.326 e. The topological polar surface area (TPSA) is 98.8 Å². The van der Waals surface area contributed by atoms with Crippen LogP contribution in [0.15, 0.2) is 48.5 Å². The summed E-state index contributed by atoms with van der Waals surface area (Å²) in [5.41, 5.74) is 2.44. The van der Waals surface area contributed by atoms with Gasteiger partial charge in [0.1, 0.15) is 5.54 Å². The summed E-state index contributed by atoms with van der Waals surface area (Å²) in [6, 6.07) is 14.3. The van der Waals surface area contributed by atoms with Gasteiger partial charge in [-0.25, -0.2) is 4.79 Å². The molecule has 176 valence electrons. The summed E-state index contributed by atoms with van der Waals surface area (Å²) in [6.45, 7) is 0.698. The van der Waals surface area contributed by atoms with Gasteiger partial charge in [0.2, 0.25) is 5.91 Å². The molecule has 1 spiro atoms. The van der Waals surface area contributed by atoms with Crippen LogP contribution in [0.4, 0.5) is 16.2 Å². The zero-order valence-corrected chi connectivity index (χ0v) is 19.0. The highest BCUT2D eigenvalue weighted by molar-refractivity contribution is 6.08. The van der Waals surface area contributed by atoms with E-state index in [4.69, 9.17) is 0 Å². The molecule has 3 aliphatic rings. The number of rotatable bonds is 5. The Hall–Kier alpha value is -3.68. The van der Waals surface area contributed by atoms with Gasteiger partial charge in [0, 0.05) is 36.4 Å². The molecule has 0 aromatic heterocycles. The highest BCUT2D eigenvalue weighted by atomic mass is 16.2. The summed E-state index contributed by atoms with van der Waals surface area (Å²) in [5.74, 6) is -0.577. The third kappa shape index (κ3) is 4.04. The first kappa shape index (κ1) is 22.1. The standard InChI is InChI=1S/C26H28N4O4/c31-22(13-17-30-24(33)26(28-25(30)34)14-4-1-5-15-26)27-20-10-8-19(9-11-20)23(32)29-16-12-18-6-2-3-7-21(18)29/h2-3,6-11H,1,4-5,12-17H2,(H,27,31)(H,28,34). The predicted molar refractivity (Wildman–Crippen MR) is 128 cm³/mol. The van der Waals surface area contributed by atoms with E-state index in [0.717, 1.165) is 31.4 Å². The number of nitrogens with one attached hydrogen (secondary N) is 2. The number of carbonyl (C=O) groups excluding carboxylic acids is 4. The Morgan fingerprint density at radius 2 is 1.71 bits per heavy atom. The number of hydrogen-bond donors (Lipinski definition) is 2. The van der Waals surface area contributed by atoms with Gasteiger partial charge in [-0.15, -0.1) is 0 Å². The molecule has 2 aromatic rings. The number of benzene rings is 2. The third-order valence-corrected chi connectivity index (χ3v) is 7.06. The second kappa shape index (κ2) is 8.93. The maximum Gasteiger partial charge on any atom is 0.325 e. The number of urea groups is 1. The van der Waals surface area contributed by atoms with Crippen LogP contribution in [0.3, 0.4) is 0 Å². The normalized spacial score (nSPS) is 18.7. The van der Waals surface area contributed by atoms with E-state index in [1.165, 1.54) is 10.5 Å². The second-order valence-corrected chi connectivity index (χ2v) is 9.24. The van der Waals surface area contributed by atoms with Crippen LogP contribution in [0.1, 0.15) is 54.4 Å². The SMILES string of the molecule is O=C(CCN1C(=O)NC2(CCCCC2)C1=O)Nc1ccc(C(=O)N2CCc3ccccc32)cc1. The molecule has 2 aromatic carbocycles. The molecule has 1 saturated carbocycles. The van der Waals surface area contributed by atoms with Crippen LogP contribution in [-0.4, -0.2) is 47.3 Å². The third-order valence-electron chi connectivity index (χ3n) is 7.06. The lowest BCUT2D eigenvalue weighted by Crippen LogP contribution is -2.48. The lowest BCUT2D eigenvalue weighted by molar-refractivity contribution is -0.132. The van der Waals surface area contributed by atoms with Gasteiger partial charge >= 0.3 is 6.03 Å². The van der Waals surface area contributed by atoms with Crippen LogP contribution in [-0.2, 0) is 16.0 Å². The Balaban J connectivity index is 1.16. The first-order valence-corrected chi connectivity index (χ1v) is 11.9. The number of carbonyl (C=O) groups is 4. The van der Waals surface area contributed by atoms with E-state index in [0.29, 0.717) is 30.6 Å². The molecule has 34 heavy (non-hydrogen) atoms. The summed E-state index contributed by atoms with van der Waals surface area (Å²) in [4.78, 5) is 53.5. The van der Waals surface area contributed by atoms with Crippen molar-refractivity contribution < 1.29 is 19.2 Å². The van der Waals surface area contributed by atoms with Crippen LogP contribution in [0.5, 0.6) is 0 Å². The van der Waals surface area contributed by atoms with E-state index < -0.39 is 11.6 Å². The number of imide groups is 1. The van der Waals surface area contributed by atoms with Crippen LogP contribution in [0, 0.1) is 0 Å². The zero-order chi connectivity index (χ0) is 23.7. The molecule has 8 nitrogen and oxygen atoms in total. The van der Waals surface area contributed by atoms with Gasteiger partial charge in [-0.1, -0.05) is 37.5 Å². The van der Waals surface area contributed by atoms with Gasteiger partial charge in [0.25, 0.3) is 11.8 Å². The minimum atomic E-state index is -0.774. The molecule has 2 N–H and O–H groups in total. The molecule has 0 radical (unpaired) electrons. The molecule has 2 heterocycles. The highest BCUT2D eigenvalue weighted by Crippen LogP contribution is 2.33. The highest BCUT2D eigenvalue weighted by Gasteiger charge is 2.51. The Morgan fingerprint density at radius 3 is 2.47 bits per heavy atom. The first-order chi connectivity index (χ1) is 16.5. The first-order valence-electron chi connectivity index (χ1n) is 11.9. The van der Waals surface area contributed by atoms with Crippen LogP contribution >= 0.6 is 0 Å².